The van der Waals surface area contributed by atoms with Gasteiger partial charge in [-0.05, 0) is 6.92 Å². The third-order valence-corrected chi connectivity index (χ3v) is 2.63. The molecule has 14 heavy (non-hydrogen) atoms. The van der Waals surface area contributed by atoms with Crippen LogP contribution in [0.3, 0.4) is 0 Å². The Bertz CT molecular complexity index is 247. The molecule has 0 aromatic carbocycles. The zero-order valence-corrected chi connectivity index (χ0v) is 9.42. The molecule has 0 radical (unpaired) electrons. The molecule has 0 bridgehead atoms. The standard InChI is InChI=1S/C10H16N2O.ClH/c1-4-5-12-7-8(2)10(11-13)6-9(12)3;/h1,8-9,13H,5-7H2,2-3H3;1H. The predicted octanol–water partition coefficient (Wildman–Crippen LogP) is 1.60. The van der Waals surface area contributed by atoms with Crippen molar-refractivity contribution < 1.29 is 5.21 Å². The molecule has 80 valence electrons. The lowest BCUT2D eigenvalue weighted by Crippen LogP contribution is -2.45. The van der Waals surface area contributed by atoms with Crippen molar-refractivity contribution in [2.24, 2.45) is 11.1 Å². The molecule has 1 N–H and O–H groups in total. The van der Waals surface area contributed by atoms with Crippen LogP contribution in [-0.4, -0.2) is 35.0 Å². The summed E-state index contributed by atoms with van der Waals surface area (Å²) in [4.78, 5) is 2.24. The van der Waals surface area contributed by atoms with Gasteiger partial charge in [0.25, 0.3) is 0 Å². The summed E-state index contributed by atoms with van der Waals surface area (Å²) in [6.07, 6.45) is 6.08. The fourth-order valence-electron chi connectivity index (χ4n) is 1.75. The van der Waals surface area contributed by atoms with E-state index in [1.54, 1.807) is 0 Å². The Morgan fingerprint density at radius 2 is 2.29 bits per heavy atom. The number of hydrogen-bond donors (Lipinski definition) is 1. The molecular formula is C10H17ClN2O. The average Bonchev–Trinajstić information content (AvgIpc) is 2.11. The molecule has 0 spiro atoms. The second-order valence-electron chi connectivity index (χ2n) is 3.68. The number of hydrogen-bond acceptors (Lipinski definition) is 3. The number of halogens is 1. The fourth-order valence-corrected chi connectivity index (χ4v) is 1.75. The van der Waals surface area contributed by atoms with Crippen LogP contribution in [0.1, 0.15) is 20.3 Å². The van der Waals surface area contributed by atoms with E-state index in [1.807, 2.05) is 0 Å². The first-order valence-electron chi connectivity index (χ1n) is 4.57. The van der Waals surface area contributed by atoms with Crippen LogP contribution in [0.25, 0.3) is 0 Å². The highest BCUT2D eigenvalue weighted by Gasteiger charge is 2.27. The Balaban J connectivity index is 0.00000169. The summed E-state index contributed by atoms with van der Waals surface area (Å²) in [5, 5.41) is 12.0. The second kappa shape index (κ2) is 5.90. The molecule has 4 heteroatoms. The molecule has 3 nitrogen and oxygen atoms in total. The van der Waals surface area contributed by atoms with E-state index in [4.69, 9.17) is 11.6 Å². The largest absolute Gasteiger partial charge is 0.411 e. The first-order chi connectivity index (χ1) is 6.19. The maximum Gasteiger partial charge on any atom is 0.0627 e. The summed E-state index contributed by atoms with van der Waals surface area (Å²) in [7, 11) is 0. The Morgan fingerprint density at radius 3 is 2.79 bits per heavy atom. The zero-order chi connectivity index (χ0) is 9.84. The van der Waals surface area contributed by atoms with Crippen molar-refractivity contribution in [3.8, 4) is 12.3 Å². The van der Waals surface area contributed by atoms with Gasteiger partial charge in [-0.1, -0.05) is 18.0 Å². The highest BCUT2D eigenvalue weighted by molar-refractivity contribution is 5.87. The van der Waals surface area contributed by atoms with Crippen LogP contribution in [0, 0.1) is 18.3 Å². The van der Waals surface area contributed by atoms with Crippen LogP contribution in [0.4, 0.5) is 0 Å². The van der Waals surface area contributed by atoms with Crippen LogP contribution < -0.4 is 0 Å². The number of piperidine rings is 1. The van der Waals surface area contributed by atoms with Gasteiger partial charge in [0.15, 0.2) is 0 Å². The van der Waals surface area contributed by atoms with Gasteiger partial charge in [-0.3, -0.25) is 4.90 Å². The molecule has 1 aliphatic rings. The van der Waals surface area contributed by atoms with E-state index < -0.39 is 0 Å². The van der Waals surface area contributed by atoms with E-state index in [0.717, 1.165) is 18.7 Å². The van der Waals surface area contributed by atoms with Gasteiger partial charge in [0.05, 0.1) is 12.3 Å². The van der Waals surface area contributed by atoms with Crippen molar-refractivity contribution in [3.63, 3.8) is 0 Å². The zero-order valence-electron chi connectivity index (χ0n) is 8.60. The second-order valence-corrected chi connectivity index (χ2v) is 3.68. The first kappa shape index (κ1) is 13.3. The van der Waals surface area contributed by atoms with Gasteiger partial charge >= 0.3 is 0 Å². The van der Waals surface area contributed by atoms with Crippen LogP contribution in [0.5, 0.6) is 0 Å². The average molecular weight is 217 g/mol. The van der Waals surface area contributed by atoms with Crippen LogP contribution in [-0.2, 0) is 0 Å². The summed E-state index contributed by atoms with van der Waals surface area (Å²) >= 11 is 0. The van der Waals surface area contributed by atoms with E-state index in [-0.39, 0.29) is 12.4 Å². The van der Waals surface area contributed by atoms with Gasteiger partial charge in [0, 0.05) is 24.9 Å². The molecule has 0 saturated carbocycles. The molecule has 0 aliphatic carbocycles. The Morgan fingerprint density at radius 1 is 1.64 bits per heavy atom. The minimum atomic E-state index is 0. The van der Waals surface area contributed by atoms with Gasteiger partial charge in [-0.25, -0.2) is 0 Å². The lowest BCUT2D eigenvalue weighted by atomic mass is 9.93. The van der Waals surface area contributed by atoms with Crippen molar-refractivity contribution in [2.45, 2.75) is 26.3 Å². The normalized spacial score (nSPS) is 30.8. The number of nitrogens with zero attached hydrogens (tertiary/aromatic N) is 2. The molecule has 2 atom stereocenters. The lowest BCUT2D eigenvalue weighted by molar-refractivity contribution is 0.198. The van der Waals surface area contributed by atoms with Gasteiger partial charge in [-0.15, -0.1) is 18.8 Å². The highest BCUT2D eigenvalue weighted by atomic mass is 35.5. The monoisotopic (exact) mass is 216 g/mol. The van der Waals surface area contributed by atoms with E-state index in [0.29, 0.717) is 18.5 Å². The van der Waals surface area contributed by atoms with Crippen molar-refractivity contribution in [1.29, 1.82) is 0 Å². The predicted molar refractivity (Wildman–Crippen MR) is 60.1 cm³/mol. The Kier molecular flexibility index (Phi) is 5.59. The third kappa shape index (κ3) is 2.90. The van der Waals surface area contributed by atoms with Crippen LogP contribution in [0.15, 0.2) is 5.16 Å². The van der Waals surface area contributed by atoms with Gasteiger partial charge in [-0.2, -0.15) is 0 Å². The first-order valence-corrected chi connectivity index (χ1v) is 4.57. The van der Waals surface area contributed by atoms with Gasteiger partial charge < -0.3 is 5.21 Å². The van der Waals surface area contributed by atoms with E-state index >= 15 is 0 Å². The number of terminal acetylenes is 1. The summed E-state index contributed by atoms with van der Waals surface area (Å²) in [5.74, 6) is 2.96. The van der Waals surface area contributed by atoms with Crippen LogP contribution >= 0.6 is 12.4 Å². The lowest BCUT2D eigenvalue weighted by Gasteiger charge is -2.35. The number of likely N-dealkylation sites (tertiary alicyclic amines) is 1. The smallest absolute Gasteiger partial charge is 0.0627 e. The Hall–Kier alpha value is -0.720. The fraction of sp³-hybridized carbons (Fsp3) is 0.700. The molecule has 0 amide bonds. The summed E-state index contributed by atoms with van der Waals surface area (Å²) in [5.41, 5.74) is 0.890. The van der Waals surface area contributed by atoms with Crippen molar-refractivity contribution >= 4 is 18.1 Å². The van der Waals surface area contributed by atoms with Crippen molar-refractivity contribution in [2.75, 3.05) is 13.1 Å². The maximum atomic E-state index is 8.72. The molecule has 1 heterocycles. The van der Waals surface area contributed by atoms with Gasteiger partial charge in [0.2, 0.25) is 0 Å². The maximum absolute atomic E-state index is 8.72. The number of rotatable bonds is 1. The summed E-state index contributed by atoms with van der Waals surface area (Å²) in [6, 6.07) is 0.387. The van der Waals surface area contributed by atoms with Crippen LogP contribution in [0.2, 0.25) is 0 Å². The highest BCUT2D eigenvalue weighted by Crippen LogP contribution is 2.18. The van der Waals surface area contributed by atoms with Crippen molar-refractivity contribution in [3.05, 3.63) is 0 Å². The van der Waals surface area contributed by atoms with Crippen molar-refractivity contribution in [1.82, 2.24) is 4.90 Å². The summed E-state index contributed by atoms with van der Waals surface area (Å²) in [6.45, 7) is 5.74. The molecular weight excluding hydrogens is 200 g/mol. The SMILES string of the molecule is C#CCN1CC(C)C(=NO)CC1C.Cl. The minimum absolute atomic E-state index is 0. The Labute approximate surface area is 91.6 Å². The number of oxime groups is 1. The molecule has 0 aromatic heterocycles. The minimum Gasteiger partial charge on any atom is -0.411 e. The summed E-state index contributed by atoms with van der Waals surface area (Å²) < 4.78 is 0. The quantitative estimate of drug-likeness (QED) is 0.411. The molecule has 1 aliphatic heterocycles. The van der Waals surface area contributed by atoms with E-state index in [2.05, 4.69) is 29.8 Å². The molecule has 2 unspecified atom stereocenters. The van der Waals surface area contributed by atoms with E-state index in [9.17, 15) is 0 Å². The topological polar surface area (TPSA) is 35.8 Å². The third-order valence-electron chi connectivity index (χ3n) is 2.63. The molecule has 1 rings (SSSR count). The molecule has 1 fully saturated rings. The molecule has 1 saturated heterocycles. The molecule has 0 aromatic rings. The van der Waals surface area contributed by atoms with E-state index in [1.165, 1.54) is 0 Å². The van der Waals surface area contributed by atoms with Gasteiger partial charge in [0.1, 0.15) is 0 Å².